The van der Waals surface area contributed by atoms with Gasteiger partial charge in [0.15, 0.2) is 17.5 Å². The fourth-order valence-electron chi connectivity index (χ4n) is 5.95. The van der Waals surface area contributed by atoms with Crippen molar-refractivity contribution in [2.24, 2.45) is 16.1 Å². The van der Waals surface area contributed by atoms with Crippen LogP contribution in [0.4, 0.5) is 5.69 Å². The number of nitrogens with one attached hydrogen (secondary N) is 1. The molecule has 1 aliphatic rings. The average Bonchev–Trinajstić information content (AvgIpc) is 3.39. The second-order valence-electron chi connectivity index (χ2n) is 11.0. The van der Waals surface area contributed by atoms with E-state index in [1.807, 2.05) is 30.3 Å². The molecule has 214 valence electrons. The molecule has 0 aromatic heterocycles. The number of carbonyl (C=O) groups is 1. The van der Waals surface area contributed by atoms with Gasteiger partial charge in [-0.1, -0.05) is 43.9 Å². The second-order valence-corrected chi connectivity index (χ2v) is 11.0. The van der Waals surface area contributed by atoms with Crippen molar-refractivity contribution in [3.63, 3.8) is 0 Å². The van der Waals surface area contributed by atoms with Gasteiger partial charge in [-0.2, -0.15) is 0 Å². The molecule has 1 unspecified atom stereocenters. The molecule has 7 nitrogen and oxygen atoms in total. The molecular weight excluding hydrogens is 490 g/mol. The van der Waals surface area contributed by atoms with Crippen LogP contribution < -0.4 is 20.5 Å². The fourth-order valence-corrected chi connectivity index (χ4v) is 5.95. The lowest BCUT2D eigenvalue weighted by atomic mass is 9.75. The van der Waals surface area contributed by atoms with Gasteiger partial charge in [-0.05, 0) is 85.8 Å². The third-order valence-corrected chi connectivity index (χ3v) is 8.05. The van der Waals surface area contributed by atoms with E-state index in [0.717, 1.165) is 62.6 Å². The van der Waals surface area contributed by atoms with Gasteiger partial charge in [-0.3, -0.25) is 9.79 Å². The number of rotatable bonds is 16. The van der Waals surface area contributed by atoms with Gasteiger partial charge < -0.3 is 25.6 Å². The Kier molecular flexibility index (Phi) is 12.1. The Hall–Kier alpha value is -3.06. The molecule has 0 heterocycles. The summed E-state index contributed by atoms with van der Waals surface area (Å²) in [6.07, 6.45) is 11.9. The maximum atomic E-state index is 12.7. The van der Waals surface area contributed by atoms with Crippen molar-refractivity contribution in [1.82, 2.24) is 0 Å². The van der Waals surface area contributed by atoms with E-state index in [1.54, 1.807) is 21.3 Å². The molecule has 0 radical (unpaired) electrons. The molecule has 0 spiro atoms. The zero-order valence-corrected chi connectivity index (χ0v) is 24.0. The molecule has 0 amide bonds. The summed E-state index contributed by atoms with van der Waals surface area (Å²) in [4.78, 5) is 16.6. The van der Waals surface area contributed by atoms with Gasteiger partial charge in [-0.25, -0.2) is 0 Å². The van der Waals surface area contributed by atoms with Crippen LogP contribution >= 0.6 is 0 Å². The molecule has 1 saturated carbocycles. The summed E-state index contributed by atoms with van der Waals surface area (Å²) in [7, 11) is 4.89. The lowest BCUT2D eigenvalue weighted by Gasteiger charge is -2.31. The number of anilines is 1. The summed E-state index contributed by atoms with van der Waals surface area (Å²) < 4.78 is 10.7. The molecule has 0 bridgehead atoms. The van der Waals surface area contributed by atoms with Crippen LogP contribution in [0.2, 0.25) is 0 Å². The zero-order valence-electron chi connectivity index (χ0n) is 24.0. The second kappa shape index (κ2) is 15.5. The zero-order chi connectivity index (χ0) is 28.1. The number of nitrogens with two attached hydrogens (primary N) is 1. The van der Waals surface area contributed by atoms with Crippen molar-refractivity contribution in [2.75, 3.05) is 26.6 Å². The minimum atomic E-state index is -0.560. The van der Waals surface area contributed by atoms with Gasteiger partial charge in [0.1, 0.15) is 5.78 Å². The summed E-state index contributed by atoms with van der Waals surface area (Å²) in [5, 5.41) is 14.0. The van der Waals surface area contributed by atoms with Crippen LogP contribution in [0.1, 0.15) is 81.8 Å². The highest BCUT2D eigenvalue weighted by molar-refractivity contribution is 5.92. The molecule has 0 aliphatic heterocycles. The summed E-state index contributed by atoms with van der Waals surface area (Å²) in [6, 6.07) is 14.1. The van der Waals surface area contributed by atoms with E-state index < -0.39 is 6.10 Å². The Bertz CT molecular complexity index is 1080. The topological polar surface area (TPSA) is 106 Å². The number of hydrogen-bond acceptors (Lipinski definition) is 5. The van der Waals surface area contributed by atoms with Crippen molar-refractivity contribution in [2.45, 2.75) is 89.6 Å². The number of unbranched alkanes of at least 4 members (excludes halogenated alkanes) is 2. The Labute approximate surface area is 234 Å². The van der Waals surface area contributed by atoms with E-state index in [1.165, 1.54) is 18.4 Å². The lowest BCUT2D eigenvalue weighted by Crippen LogP contribution is -2.26. The molecule has 4 N–H and O–H groups in total. The number of aryl methyl sites for hydroxylation is 2. The summed E-state index contributed by atoms with van der Waals surface area (Å²) in [5.74, 6) is 1.88. The molecule has 2 aromatic carbocycles. The average molecular weight is 538 g/mol. The standard InChI is InChI=1S/C32H47N3O4/c1-34-31(33)35-26-12-9-11-24(20-26)10-5-4-6-17-32(18-7-8-19-32)23-28(37)22-27(36)15-13-25-14-16-29(38-2)30(21-25)39-3/h9,11-12,14,16,20-21,28,37H,4-8,10,13,15,17-19,22-23H2,1-3H3,(H3,33,34,35). The first-order valence-electron chi connectivity index (χ1n) is 14.4. The van der Waals surface area contributed by atoms with E-state index in [-0.39, 0.29) is 17.6 Å². The Balaban J connectivity index is 1.40. The van der Waals surface area contributed by atoms with Crippen LogP contribution in [0.3, 0.4) is 0 Å². The smallest absolute Gasteiger partial charge is 0.192 e. The molecule has 1 fully saturated rings. The number of guanidine groups is 1. The van der Waals surface area contributed by atoms with Crippen LogP contribution in [-0.4, -0.2) is 44.2 Å². The minimum Gasteiger partial charge on any atom is -0.493 e. The number of aliphatic hydroxyl groups is 1. The predicted octanol–water partition coefficient (Wildman–Crippen LogP) is 6.07. The molecule has 3 rings (SSSR count). The van der Waals surface area contributed by atoms with Crippen LogP contribution in [0.25, 0.3) is 0 Å². The normalized spacial score (nSPS) is 15.6. The first-order valence-corrected chi connectivity index (χ1v) is 14.4. The predicted molar refractivity (Wildman–Crippen MR) is 159 cm³/mol. The van der Waals surface area contributed by atoms with Gasteiger partial charge >= 0.3 is 0 Å². The molecule has 7 heteroatoms. The van der Waals surface area contributed by atoms with Crippen LogP contribution in [0, 0.1) is 5.41 Å². The maximum Gasteiger partial charge on any atom is 0.192 e. The fraction of sp³-hybridized carbons (Fsp3) is 0.562. The van der Waals surface area contributed by atoms with Crippen molar-refractivity contribution < 1.29 is 19.4 Å². The van der Waals surface area contributed by atoms with Gasteiger partial charge in [0.05, 0.1) is 20.3 Å². The largest absolute Gasteiger partial charge is 0.493 e. The minimum absolute atomic E-state index is 0.120. The van der Waals surface area contributed by atoms with E-state index in [9.17, 15) is 9.90 Å². The van der Waals surface area contributed by atoms with Gasteiger partial charge in [0.2, 0.25) is 0 Å². The van der Waals surface area contributed by atoms with E-state index >= 15 is 0 Å². The summed E-state index contributed by atoms with van der Waals surface area (Å²) >= 11 is 0. The van der Waals surface area contributed by atoms with Crippen molar-refractivity contribution in [3.05, 3.63) is 53.6 Å². The lowest BCUT2D eigenvalue weighted by molar-refractivity contribution is -0.121. The number of ketones is 1. The van der Waals surface area contributed by atoms with Crippen molar-refractivity contribution in [1.29, 1.82) is 0 Å². The monoisotopic (exact) mass is 537 g/mol. The van der Waals surface area contributed by atoms with Crippen LogP contribution in [0.5, 0.6) is 11.5 Å². The number of nitrogens with zero attached hydrogens (tertiary/aromatic N) is 1. The van der Waals surface area contributed by atoms with E-state index in [4.69, 9.17) is 15.2 Å². The number of Topliss-reactive ketones (excluding diaryl/α,β-unsaturated/α-hetero) is 1. The number of hydrogen-bond donors (Lipinski definition) is 3. The first kappa shape index (κ1) is 30.5. The molecule has 1 atom stereocenters. The molecule has 2 aromatic rings. The number of ether oxygens (including phenoxy) is 2. The SMILES string of the molecule is CN=C(N)Nc1cccc(CCCCCC2(CC(O)CC(=O)CCc3ccc(OC)c(OC)c3)CCCC2)c1. The van der Waals surface area contributed by atoms with Crippen molar-refractivity contribution >= 4 is 17.4 Å². The number of aliphatic hydroxyl groups excluding tert-OH is 1. The third-order valence-electron chi connectivity index (χ3n) is 8.05. The van der Waals surface area contributed by atoms with E-state index in [0.29, 0.717) is 30.3 Å². The quantitative estimate of drug-likeness (QED) is 0.136. The molecular formula is C32H47N3O4. The van der Waals surface area contributed by atoms with Gasteiger partial charge in [0.25, 0.3) is 0 Å². The summed E-state index contributed by atoms with van der Waals surface area (Å²) in [6.45, 7) is 0. The Morgan fingerprint density at radius 3 is 2.49 bits per heavy atom. The third kappa shape index (κ3) is 9.88. The van der Waals surface area contributed by atoms with Gasteiger partial charge in [-0.15, -0.1) is 0 Å². The number of carbonyl (C=O) groups excluding carboxylic acids is 1. The number of methoxy groups -OCH3 is 2. The first-order chi connectivity index (χ1) is 18.9. The highest BCUT2D eigenvalue weighted by Gasteiger charge is 2.35. The van der Waals surface area contributed by atoms with Gasteiger partial charge in [0, 0.05) is 25.6 Å². The van der Waals surface area contributed by atoms with Crippen LogP contribution in [-0.2, 0) is 17.6 Å². The van der Waals surface area contributed by atoms with Crippen LogP contribution in [0.15, 0.2) is 47.5 Å². The summed E-state index contributed by atoms with van der Waals surface area (Å²) in [5.41, 5.74) is 9.26. The highest BCUT2D eigenvalue weighted by atomic mass is 16.5. The number of aliphatic imine (C=N–C) groups is 1. The van der Waals surface area contributed by atoms with Crippen molar-refractivity contribution in [3.8, 4) is 11.5 Å². The Morgan fingerprint density at radius 1 is 1.03 bits per heavy atom. The molecule has 0 saturated heterocycles. The molecule has 1 aliphatic carbocycles. The maximum absolute atomic E-state index is 12.7. The molecule has 39 heavy (non-hydrogen) atoms. The Morgan fingerprint density at radius 2 is 1.77 bits per heavy atom. The number of benzene rings is 2. The highest BCUT2D eigenvalue weighted by Crippen LogP contribution is 2.46. The van der Waals surface area contributed by atoms with E-state index in [2.05, 4.69) is 22.4 Å².